The molecule has 0 atom stereocenters. The summed E-state index contributed by atoms with van der Waals surface area (Å²) in [6.45, 7) is 1.93. The van der Waals surface area contributed by atoms with Crippen molar-refractivity contribution in [2.45, 2.75) is 24.4 Å². The maximum Gasteiger partial charge on any atom is 0.416 e. The normalized spacial score (nSPS) is 11.5. The Morgan fingerprint density at radius 1 is 1.36 bits per heavy atom. The minimum absolute atomic E-state index is 0.00233. The summed E-state index contributed by atoms with van der Waals surface area (Å²) in [5.74, 6) is -0.330. The van der Waals surface area contributed by atoms with Crippen LogP contribution in [-0.2, 0) is 17.4 Å². The van der Waals surface area contributed by atoms with Crippen LogP contribution in [0.15, 0.2) is 29.2 Å². The largest absolute Gasteiger partial charge is 0.416 e. The van der Waals surface area contributed by atoms with E-state index in [4.69, 9.17) is 0 Å². The number of aryl methyl sites for hydroxylation is 1. The molecule has 1 heterocycles. The maximum atomic E-state index is 12.6. The molecule has 0 aliphatic carbocycles. The highest BCUT2D eigenvalue weighted by molar-refractivity contribution is 8.00. The topological polar surface area (TPSA) is 54.9 Å². The highest BCUT2D eigenvalue weighted by Crippen LogP contribution is 2.31. The molecule has 118 valence electrons. The Balaban J connectivity index is 1.91. The van der Waals surface area contributed by atoms with Gasteiger partial charge in [-0.3, -0.25) is 10.1 Å². The average molecular weight is 347 g/mol. The van der Waals surface area contributed by atoms with Gasteiger partial charge in [-0.15, -0.1) is 22.0 Å². The van der Waals surface area contributed by atoms with Crippen LogP contribution in [0, 0.1) is 0 Å². The van der Waals surface area contributed by atoms with Crippen molar-refractivity contribution in [1.29, 1.82) is 0 Å². The third-order valence-electron chi connectivity index (χ3n) is 2.55. The van der Waals surface area contributed by atoms with Crippen LogP contribution in [-0.4, -0.2) is 21.9 Å². The fourth-order valence-corrected chi connectivity index (χ4v) is 2.96. The average Bonchev–Trinajstić information content (AvgIpc) is 2.92. The number of thioether (sulfide) groups is 1. The van der Waals surface area contributed by atoms with Gasteiger partial charge in [0.25, 0.3) is 0 Å². The summed E-state index contributed by atoms with van der Waals surface area (Å²) in [6, 6.07) is 4.88. The summed E-state index contributed by atoms with van der Waals surface area (Å²) in [4.78, 5) is 12.1. The number of benzene rings is 1. The second-order valence-electron chi connectivity index (χ2n) is 4.22. The predicted octanol–water partition coefficient (Wildman–Crippen LogP) is 3.85. The lowest BCUT2D eigenvalue weighted by Crippen LogP contribution is -2.13. The minimum atomic E-state index is -4.39. The molecule has 4 nitrogen and oxygen atoms in total. The number of carbonyl (C=O) groups excluding carboxylic acids is 1. The van der Waals surface area contributed by atoms with Gasteiger partial charge in [0.2, 0.25) is 11.0 Å². The van der Waals surface area contributed by atoms with Gasteiger partial charge in [0.05, 0.1) is 11.3 Å². The van der Waals surface area contributed by atoms with E-state index in [-0.39, 0.29) is 11.7 Å². The summed E-state index contributed by atoms with van der Waals surface area (Å²) in [5.41, 5.74) is -0.727. The molecule has 2 aromatic rings. The SMILES string of the molecule is CCc1nnc(NC(=O)CSc2cccc(C(F)(F)F)c2)s1. The van der Waals surface area contributed by atoms with Crippen LogP contribution < -0.4 is 5.32 Å². The molecule has 0 spiro atoms. The van der Waals surface area contributed by atoms with Gasteiger partial charge in [0, 0.05) is 4.90 Å². The Kier molecular flexibility index (Phi) is 5.41. The molecule has 0 fully saturated rings. The van der Waals surface area contributed by atoms with Gasteiger partial charge in [-0.2, -0.15) is 13.2 Å². The number of rotatable bonds is 5. The van der Waals surface area contributed by atoms with E-state index in [0.717, 1.165) is 35.3 Å². The Bertz CT molecular complexity index is 658. The molecule has 1 aromatic heterocycles. The lowest BCUT2D eigenvalue weighted by molar-refractivity contribution is -0.137. The Morgan fingerprint density at radius 3 is 2.77 bits per heavy atom. The Hall–Kier alpha value is -1.61. The van der Waals surface area contributed by atoms with E-state index < -0.39 is 11.7 Å². The third kappa shape index (κ3) is 4.70. The summed E-state index contributed by atoms with van der Waals surface area (Å²) in [6.07, 6.45) is -3.66. The predicted molar refractivity (Wildman–Crippen MR) is 80.1 cm³/mol. The fraction of sp³-hybridized carbons (Fsp3) is 0.308. The molecular weight excluding hydrogens is 335 g/mol. The van der Waals surface area contributed by atoms with Gasteiger partial charge in [-0.05, 0) is 24.6 Å². The van der Waals surface area contributed by atoms with Crippen LogP contribution in [0.25, 0.3) is 0 Å². The molecule has 0 aliphatic heterocycles. The Morgan fingerprint density at radius 2 is 2.14 bits per heavy atom. The summed E-state index contributed by atoms with van der Waals surface area (Å²) >= 11 is 2.31. The number of hydrogen-bond donors (Lipinski definition) is 1. The molecule has 1 amide bonds. The van der Waals surface area contributed by atoms with Crippen molar-refractivity contribution in [2.24, 2.45) is 0 Å². The van der Waals surface area contributed by atoms with Crippen molar-refractivity contribution in [3.63, 3.8) is 0 Å². The number of alkyl halides is 3. The molecule has 0 saturated carbocycles. The second-order valence-corrected chi connectivity index (χ2v) is 6.33. The van der Waals surface area contributed by atoms with E-state index in [1.807, 2.05) is 6.92 Å². The van der Waals surface area contributed by atoms with E-state index in [1.165, 1.54) is 23.5 Å². The van der Waals surface area contributed by atoms with Gasteiger partial charge in [-0.1, -0.05) is 24.3 Å². The first-order valence-electron chi connectivity index (χ1n) is 6.30. The lowest BCUT2D eigenvalue weighted by atomic mass is 10.2. The number of nitrogens with zero attached hydrogens (tertiary/aromatic N) is 2. The first kappa shape index (κ1) is 16.8. The number of hydrogen-bond acceptors (Lipinski definition) is 5. The van der Waals surface area contributed by atoms with E-state index in [2.05, 4.69) is 15.5 Å². The zero-order valence-electron chi connectivity index (χ0n) is 11.5. The van der Waals surface area contributed by atoms with Crippen LogP contribution >= 0.6 is 23.1 Å². The lowest BCUT2D eigenvalue weighted by Gasteiger charge is -2.08. The highest BCUT2D eigenvalue weighted by Gasteiger charge is 2.30. The van der Waals surface area contributed by atoms with Crippen LogP contribution in [0.5, 0.6) is 0 Å². The van der Waals surface area contributed by atoms with Crippen molar-refractivity contribution in [3.05, 3.63) is 34.8 Å². The zero-order valence-corrected chi connectivity index (χ0v) is 13.1. The first-order valence-corrected chi connectivity index (χ1v) is 8.11. The van der Waals surface area contributed by atoms with Crippen LogP contribution in [0.4, 0.5) is 18.3 Å². The quantitative estimate of drug-likeness (QED) is 0.835. The number of amides is 1. The van der Waals surface area contributed by atoms with Crippen LogP contribution in [0.2, 0.25) is 0 Å². The molecule has 1 N–H and O–H groups in total. The summed E-state index contributed by atoms with van der Waals surface area (Å²) in [5, 5.41) is 11.4. The van der Waals surface area contributed by atoms with Crippen molar-refractivity contribution in [1.82, 2.24) is 10.2 Å². The number of nitrogens with one attached hydrogen (secondary N) is 1. The van der Waals surface area contributed by atoms with Crippen molar-refractivity contribution >= 4 is 34.1 Å². The molecule has 9 heteroatoms. The van der Waals surface area contributed by atoms with Crippen molar-refractivity contribution in [2.75, 3.05) is 11.1 Å². The molecule has 2 rings (SSSR count). The van der Waals surface area contributed by atoms with E-state index >= 15 is 0 Å². The minimum Gasteiger partial charge on any atom is -0.300 e. The van der Waals surface area contributed by atoms with E-state index in [1.54, 1.807) is 0 Å². The summed E-state index contributed by atoms with van der Waals surface area (Å²) < 4.78 is 37.8. The van der Waals surface area contributed by atoms with Crippen molar-refractivity contribution < 1.29 is 18.0 Å². The smallest absolute Gasteiger partial charge is 0.300 e. The number of anilines is 1. The Labute approximate surface area is 133 Å². The molecular formula is C13H12F3N3OS2. The molecule has 22 heavy (non-hydrogen) atoms. The maximum absolute atomic E-state index is 12.6. The van der Waals surface area contributed by atoms with Gasteiger partial charge < -0.3 is 0 Å². The molecule has 1 aromatic carbocycles. The fourth-order valence-electron chi connectivity index (χ4n) is 1.51. The van der Waals surface area contributed by atoms with Gasteiger partial charge >= 0.3 is 6.18 Å². The highest BCUT2D eigenvalue weighted by atomic mass is 32.2. The third-order valence-corrected chi connectivity index (χ3v) is 4.52. The molecule has 0 aliphatic rings. The zero-order chi connectivity index (χ0) is 16.2. The van der Waals surface area contributed by atoms with Crippen LogP contribution in [0.3, 0.4) is 0 Å². The first-order chi connectivity index (χ1) is 10.4. The molecule has 0 saturated heterocycles. The standard InChI is InChI=1S/C13H12F3N3OS2/c1-2-11-18-19-12(22-11)17-10(20)7-21-9-5-3-4-8(6-9)13(14,15)16/h3-6H,2,7H2,1H3,(H,17,19,20). The molecule has 0 radical (unpaired) electrons. The van der Waals surface area contributed by atoms with E-state index in [0.29, 0.717) is 10.0 Å². The molecule has 0 bridgehead atoms. The van der Waals surface area contributed by atoms with E-state index in [9.17, 15) is 18.0 Å². The summed E-state index contributed by atoms with van der Waals surface area (Å²) in [7, 11) is 0. The van der Waals surface area contributed by atoms with Crippen LogP contribution in [0.1, 0.15) is 17.5 Å². The number of halogens is 3. The van der Waals surface area contributed by atoms with Gasteiger partial charge in [0.15, 0.2) is 0 Å². The van der Waals surface area contributed by atoms with Gasteiger partial charge in [0.1, 0.15) is 5.01 Å². The van der Waals surface area contributed by atoms with Gasteiger partial charge in [-0.25, -0.2) is 0 Å². The van der Waals surface area contributed by atoms with Crippen molar-refractivity contribution in [3.8, 4) is 0 Å². The molecule has 0 unspecified atom stereocenters. The second kappa shape index (κ2) is 7.10. The number of carbonyl (C=O) groups is 1. The number of aromatic nitrogens is 2. The monoisotopic (exact) mass is 347 g/mol.